The minimum Gasteiger partial charge on any atom is -0.507 e. The minimum absolute atomic E-state index is 0.0310. The van der Waals surface area contributed by atoms with Gasteiger partial charge in [-0.1, -0.05) is 84.4 Å². The number of carbonyl (C=O) groups excluding carboxylic acids is 2. The van der Waals surface area contributed by atoms with E-state index < -0.39 is 17.7 Å². The van der Waals surface area contributed by atoms with Crippen LogP contribution in [0.15, 0.2) is 115 Å². The first-order valence-electron chi connectivity index (χ1n) is 11.9. The van der Waals surface area contributed by atoms with Crippen molar-refractivity contribution < 1.29 is 19.4 Å². The van der Waals surface area contributed by atoms with Crippen molar-refractivity contribution in [2.45, 2.75) is 19.2 Å². The van der Waals surface area contributed by atoms with Gasteiger partial charge in [0.15, 0.2) is 0 Å². The molecule has 1 atom stereocenters. The van der Waals surface area contributed by atoms with Gasteiger partial charge in [0.1, 0.15) is 18.1 Å². The lowest BCUT2D eigenvalue weighted by Gasteiger charge is -2.26. The molecule has 37 heavy (non-hydrogen) atoms. The zero-order chi connectivity index (χ0) is 25.8. The molecule has 1 amide bonds. The summed E-state index contributed by atoms with van der Waals surface area (Å²) < 4.78 is 6.01. The summed E-state index contributed by atoms with van der Waals surface area (Å²) in [6.45, 7) is 0.585. The molecule has 1 heterocycles. The van der Waals surface area contributed by atoms with Gasteiger partial charge in [-0.25, -0.2) is 0 Å². The molecule has 4 aromatic rings. The van der Waals surface area contributed by atoms with Gasteiger partial charge in [-0.05, 0) is 53.1 Å². The molecule has 1 aliphatic rings. The third-order valence-electron chi connectivity index (χ3n) is 6.28. The average molecular weight is 510 g/mol. The Morgan fingerprint density at radius 3 is 2.14 bits per heavy atom. The molecule has 1 aliphatic heterocycles. The molecular formula is C31H24ClNO4. The molecule has 1 N–H and O–H groups in total. The van der Waals surface area contributed by atoms with Crippen molar-refractivity contribution in [3.8, 4) is 5.75 Å². The highest BCUT2D eigenvalue weighted by Gasteiger charge is 2.46. The summed E-state index contributed by atoms with van der Waals surface area (Å²) in [4.78, 5) is 28.1. The van der Waals surface area contributed by atoms with E-state index in [0.29, 0.717) is 28.5 Å². The molecule has 0 saturated carbocycles. The molecule has 184 valence electrons. The standard InChI is InChI=1S/C31H24ClNO4/c32-25-16-14-23(15-17-25)29(34)27-28(33(31(36)30(27)35)19-21-8-3-1-4-9-21)24-12-7-13-26(18-24)37-20-22-10-5-2-6-11-22/h1-18,28,34H,19-20H2/b29-27+. The van der Waals surface area contributed by atoms with Crippen molar-refractivity contribution in [2.24, 2.45) is 0 Å². The van der Waals surface area contributed by atoms with Crippen LogP contribution in [0.2, 0.25) is 5.02 Å². The number of nitrogens with zero attached hydrogens (tertiary/aromatic N) is 1. The Morgan fingerprint density at radius 1 is 0.811 bits per heavy atom. The molecule has 1 unspecified atom stereocenters. The number of benzene rings is 4. The first kappa shape index (κ1) is 24.3. The van der Waals surface area contributed by atoms with Gasteiger partial charge < -0.3 is 14.7 Å². The average Bonchev–Trinajstić information content (AvgIpc) is 3.18. The van der Waals surface area contributed by atoms with Crippen LogP contribution in [0.4, 0.5) is 0 Å². The third kappa shape index (κ3) is 5.27. The number of ether oxygens (including phenoxy) is 1. The van der Waals surface area contributed by atoms with Gasteiger partial charge in [0.25, 0.3) is 11.7 Å². The van der Waals surface area contributed by atoms with Gasteiger partial charge in [-0.15, -0.1) is 0 Å². The largest absolute Gasteiger partial charge is 0.507 e. The van der Waals surface area contributed by atoms with Crippen LogP contribution in [0, 0.1) is 0 Å². The monoisotopic (exact) mass is 509 g/mol. The van der Waals surface area contributed by atoms with Crippen molar-refractivity contribution in [2.75, 3.05) is 0 Å². The predicted octanol–water partition coefficient (Wildman–Crippen LogP) is 6.54. The molecule has 0 spiro atoms. The van der Waals surface area contributed by atoms with Gasteiger partial charge in [0, 0.05) is 17.1 Å². The number of hydrogen-bond donors (Lipinski definition) is 1. The zero-order valence-electron chi connectivity index (χ0n) is 19.9. The predicted molar refractivity (Wildman–Crippen MR) is 143 cm³/mol. The summed E-state index contributed by atoms with van der Waals surface area (Å²) in [6, 6.07) is 32.2. The van der Waals surface area contributed by atoms with Crippen LogP contribution >= 0.6 is 11.6 Å². The van der Waals surface area contributed by atoms with Crippen molar-refractivity contribution in [3.63, 3.8) is 0 Å². The Kier molecular flexibility index (Phi) is 7.06. The van der Waals surface area contributed by atoms with Crippen LogP contribution in [0.5, 0.6) is 5.75 Å². The van der Waals surface area contributed by atoms with Gasteiger partial charge in [0.05, 0.1) is 11.6 Å². The van der Waals surface area contributed by atoms with Crippen molar-refractivity contribution in [1.29, 1.82) is 0 Å². The van der Waals surface area contributed by atoms with Gasteiger partial charge in [-0.2, -0.15) is 0 Å². The number of hydrogen-bond acceptors (Lipinski definition) is 4. The maximum Gasteiger partial charge on any atom is 0.295 e. The second-order valence-corrected chi connectivity index (χ2v) is 9.20. The molecule has 5 nitrogen and oxygen atoms in total. The number of ketones is 1. The molecule has 0 aliphatic carbocycles. The maximum atomic E-state index is 13.3. The van der Waals surface area contributed by atoms with E-state index in [1.54, 1.807) is 24.3 Å². The fourth-order valence-electron chi connectivity index (χ4n) is 4.45. The Morgan fingerprint density at radius 2 is 1.46 bits per heavy atom. The van der Waals surface area contributed by atoms with Crippen molar-refractivity contribution in [1.82, 2.24) is 4.90 Å². The first-order chi connectivity index (χ1) is 18.0. The van der Waals surface area contributed by atoms with Crippen molar-refractivity contribution >= 4 is 29.1 Å². The van der Waals surface area contributed by atoms with Crippen LogP contribution in [0.25, 0.3) is 5.76 Å². The van der Waals surface area contributed by atoms with Gasteiger partial charge in [0.2, 0.25) is 0 Å². The SMILES string of the molecule is O=C1C(=O)N(Cc2ccccc2)C(c2cccc(OCc3ccccc3)c2)/C1=C(\O)c1ccc(Cl)cc1. The highest BCUT2D eigenvalue weighted by molar-refractivity contribution is 6.46. The number of likely N-dealkylation sites (tertiary alicyclic amines) is 1. The fraction of sp³-hybridized carbons (Fsp3) is 0.0968. The van der Waals surface area contributed by atoms with E-state index >= 15 is 0 Å². The summed E-state index contributed by atoms with van der Waals surface area (Å²) >= 11 is 6.02. The third-order valence-corrected chi connectivity index (χ3v) is 6.53. The van der Waals surface area contributed by atoms with Crippen LogP contribution in [-0.4, -0.2) is 21.7 Å². The minimum atomic E-state index is -0.795. The molecule has 4 aromatic carbocycles. The molecule has 6 heteroatoms. The summed E-state index contributed by atoms with van der Waals surface area (Å²) in [6.07, 6.45) is 0. The molecule has 5 rings (SSSR count). The number of Topliss-reactive ketones (excluding diaryl/α,β-unsaturated/α-hetero) is 1. The molecular weight excluding hydrogens is 486 g/mol. The lowest BCUT2D eigenvalue weighted by molar-refractivity contribution is -0.140. The molecule has 0 bridgehead atoms. The van der Waals surface area contributed by atoms with E-state index in [1.165, 1.54) is 4.90 Å². The summed E-state index contributed by atoms with van der Waals surface area (Å²) in [5, 5.41) is 11.7. The smallest absolute Gasteiger partial charge is 0.295 e. The number of rotatable bonds is 7. The van der Waals surface area contributed by atoms with Crippen LogP contribution in [0.3, 0.4) is 0 Å². The second kappa shape index (κ2) is 10.7. The van der Waals surface area contributed by atoms with Crippen molar-refractivity contribution in [3.05, 3.63) is 142 Å². The Bertz CT molecular complexity index is 1450. The highest BCUT2D eigenvalue weighted by atomic mass is 35.5. The van der Waals surface area contributed by atoms with E-state index in [0.717, 1.165) is 11.1 Å². The first-order valence-corrected chi connectivity index (χ1v) is 12.2. The lowest BCUT2D eigenvalue weighted by atomic mass is 9.95. The Labute approximate surface area is 220 Å². The highest BCUT2D eigenvalue weighted by Crippen LogP contribution is 2.41. The van der Waals surface area contributed by atoms with E-state index in [2.05, 4.69) is 0 Å². The number of carbonyl (C=O) groups is 2. The number of aliphatic hydroxyl groups is 1. The number of halogens is 1. The molecule has 1 saturated heterocycles. The Hall–Kier alpha value is -4.35. The topological polar surface area (TPSA) is 66.8 Å². The Balaban J connectivity index is 1.56. The van der Waals surface area contributed by atoms with Crippen LogP contribution < -0.4 is 4.74 Å². The summed E-state index contributed by atoms with van der Waals surface area (Å²) in [7, 11) is 0. The normalized spacial score (nSPS) is 16.7. The summed E-state index contributed by atoms with van der Waals surface area (Å²) in [5.41, 5.74) is 2.99. The quantitative estimate of drug-likeness (QED) is 0.174. The van der Waals surface area contributed by atoms with E-state index in [-0.39, 0.29) is 17.9 Å². The molecule has 1 fully saturated rings. The van der Waals surface area contributed by atoms with Crippen LogP contribution in [0.1, 0.15) is 28.3 Å². The zero-order valence-corrected chi connectivity index (χ0v) is 20.6. The van der Waals surface area contributed by atoms with E-state index in [9.17, 15) is 14.7 Å². The van der Waals surface area contributed by atoms with E-state index in [1.807, 2.05) is 84.9 Å². The number of aliphatic hydroxyl groups excluding tert-OH is 1. The molecule has 0 radical (unpaired) electrons. The van der Waals surface area contributed by atoms with Gasteiger partial charge >= 0.3 is 0 Å². The summed E-state index contributed by atoms with van der Waals surface area (Å²) in [5.74, 6) is -1.05. The lowest BCUT2D eigenvalue weighted by Crippen LogP contribution is -2.29. The van der Waals surface area contributed by atoms with Crippen LogP contribution in [-0.2, 0) is 22.7 Å². The van der Waals surface area contributed by atoms with Gasteiger partial charge in [-0.3, -0.25) is 9.59 Å². The fourth-order valence-corrected chi connectivity index (χ4v) is 4.57. The second-order valence-electron chi connectivity index (χ2n) is 8.77. The molecule has 0 aromatic heterocycles. The number of amides is 1. The maximum absolute atomic E-state index is 13.3. The van der Waals surface area contributed by atoms with E-state index in [4.69, 9.17) is 16.3 Å².